The van der Waals surface area contributed by atoms with Gasteiger partial charge in [-0.3, -0.25) is 9.58 Å². The standard InChI is InChI=1S/C15H26ClN3/c1-3-13-11-15(19(4-2)17-13)12-18(10-9-16)14-7-5-6-8-14/h11,14H,3-10,12H2,1-2H3. The summed E-state index contributed by atoms with van der Waals surface area (Å²) >= 11 is 5.98. The van der Waals surface area contributed by atoms with Crippen molar-refractivity contribution in [2.24, 2.45) is 0 Å². The third kappa shape index (κ3) is 3.73. The normalized spacial score (nSPS) is 16.6. The van der Waals surface area contributed by atoms with Crippen molar-refractivity contribution in [2.75, 3.05) is 12.4 Å². The number of aromatic nitrogens is 2. The van der Waals surface area contributed by atoms with E-state index in [1.165, 1.54) is 37.1 Å². The Hall–Kier alpha value is -0.540. The van der Waals surface area contributed by atoms with Crippen molar-refractivity contribution in [1.82, 2.24) is 14.7 Å². The van der Waals surface area contributed by atoms with E-state index in [1.54, 1.807) is 0 Å². The highest BCUT2D eigenvalue weighted by Gasteiger charge is 2.23. The minimum atomic E-state index is 0.720. The maximum Gasteiger partial charge on any atom is 0.0625 e. The monoisotopic (exact) mass is 283 g/mol. The molecule has 0 N–H and O–H groups in total. The van der Waals surface area contributed by atoms with Gasteiger partial charge in [0.1, 0.15) is 0 Å². The highest BCUT2D eigenvalue weighted by atomic mass is 35.5. The van der Waals surface area contributed by atoms with Crippen molar-refractivity contribution in [3.05, 3.63) is 17.5 Å². The molecule has 0 atom stereocenters. The van der Waals surface area contributed by atoms with Crippen LogP contribution in [-0.2, 0) is 19.5 Å². The second-order valence-electron chi connectivity index (χ2n) is 5.39. The second-order valence-corrected chi connectivity index (χ2v) is 5.77. The average molecular weight is 284 g/mol. The Morgan fingerprint density at radius 2 is 2.11 bits per heavy atom. The Labute approximate surface area is 121 Å². The molecule has 1 fully saturated rings. The van der Waals surface area contributed by atoms with Gasteiger partial charge in [-0.2, -0.15) is 5.10 Å². The summed E-state index contributed by atoms with van der Waals surface area (Å²) in [6, 6.07) is 2.99. The Bertz CT molecular complexity index is 383. The smallest absolute Gasteiger partial charge is 0.0625 e. The van der Waals surface area contributed by atoms with Crippen molar-refractivity contribution in [2.45, 2.75) is 65.1 Å². The fraction of sp³-hybridized carbons (Fsp3) is 0.800. The molecule has 0 aliphatic heterocycles. The summed E-state index contributed by atoms with van der Waals surface area (Å²) in [7, 11) is 0. The van der Waals surface area contributed by atoms with Crippen LogP contribution in [0.15, 0.2) is 6.07 Å². The number of hydrogen-bond donors (Lipinski definition) is 0. The van der Waals surface area contributed by atoms with Crippen LogP contribution < -0.4 is 0 Å². The van der Waals surface area contributed by atoms with Crippen molar-refractivity contribution < 1.29 is 0 Å². The van der Waals surface area contributed by atoms with Gasteiger partial charge in [0.05, 0.1) is 11.4 Å². The maximum absolute atomic E-state index is 5.98. The summed E-state index contributed by atoms with van der Waals surface area (Å²) in [6.07, 6.45) is 6.42. The van der Waals surface area contributed by atoms with E-state index in [4.69, 9.17) is 11.6 Å². The van der Waals surface area contributed by atoms with Gasteiger partial charge in [-0.15, -0.1) is 11.6 Å². The van der Waals surface area contributed by atoms with Crippen LogP contribution in [0, 0.1) is 0 Å². The van der Waals surface area contributed by atoms with Gasteiger partial charge in [-0.05, 0) is 32.3 Å². The van der Waals surface area contributed by atoms with Gasteiger partial charge in [0.15, 0.2) is 0 Å². The Balaban J connectivity index is 2.08. The Morgan fingerprint density at radius 1 is 1.37 bits per heavy atom. The third-order valence-corrected chi connectivity index (χ3v) is 4.32. The van der Waals surface area contributed by atoms with E-state index in [0.29, 0.717) is 0 Å². The first kappa shape index (κ1) is 14.9. The lowest BCUT2D eigenvalue weighted by Crippen LogP contribution is -2.35. The van der Waals surface area contributed by atoms with Crippen LogP contribution in [0.3, 0.4) is 0 Å². The highest BCUT2D eigenvalue weighted by Crippen LogP contribution is 2.25. The molecule has 1 aliphatic carbocycles. The lowest BCUT2D eigenvalue weighted by atomic mass is 10.2. The first-order valence-corrected chi connectivity index (χ1v) is 8.17. The number of aryl methyl sites for hydroxylation is 2. The van der Waals surface area contributed by atoms with Gasteiger partial charge in [-0.25, -0.2) is 0 Å². The van der Waals surface area contributed by atoms with Crippen molar-refractivity contribution in [3.63, 3.8) is 0 Å². The van der Waals surface area contributed by atoms with Crippen molar-refractivity contribution in [1.29, 1.82) is 0 Å². The first-order valence-electron chi connectivity index (χ1n) is 7.64. The van der Waals surface area contributed by atoms with Crippen LogP contribution >= 0.6 is 11.6 Å². The van der Waals surface area contributed by atoms with Crippen LogP contribution in [-0.4, -0.2) is 33.1 Å². The van der Waals surface area contributed by atoms with Crippen LogP contribution in [0.1, 0.15) is 50.9 Å². The summed E-state index contributed by atoms with van der Waals surface area (Å²) < 4.78 is 2.15. The second kappa shape index (κ2) is 7.30. The van der Waals surface area contributed by atoms with E-state index in [2.05, 4.69) is 34.6 Å². The average Bonchev–Trinajstić information content (AvgIpc) is 3.07. The SMILES string of the molecule is CCc1cc(CN(CCCl)C2CCCC2)n(CC)n1. The largest absolute Gasteiger partial charge is 0.293 e. The maximum atomic E-state index is 5.98. The number of nitrogens with zero attached hydrogens (tertiary/aromatic N) is 3. The van der Waals surface area contributed by atoms with E-state index >= 15 is 0 Å². The molecule has 0 spiro atoms. The van der Waals surface area contributed by atoms with Crippen LogP contribution in [0.25, 0.3) is 0 Å². The van der Waals surface area contributed by atoms with Gasteiger partial charge < -0.3 is 0 Å². The lowest BCUT2D eigenvalue weighted by molar-refractivity contribution is 0.196. The van der Waals surface area contributed by atoms with Crippen LogP contribution in [0.5, 0.6) is 0 Å². The lowest BCUT2D eigenvalue weighted by Gasteiger charge is -2.28. The number of halogens is 1. The molecule has 1 saturated carbocycles. The zero-order chi connectivity index (χ0) is 13.7. The van der Waals surface area contributed by atoms with Crippen LogP contribution in [0.2, 0.25) is 0 Å². The van der Waals surface area contributed by atoms with E-state index in [0.717, 1.165) is 38.0 Å². The molecule has 0 saturated heterocycles. The van der Waals surface area contributed by atoms with Gasteiger partial charge in [0.2, 0.25) is 0 Å². The predicted octanol–water partition coefficient (Wildman–Crippen LogP) is 3.45. The Kier molecular flexibility index (Phi) is 5.71. The van der Waals surface area contributed by atoms with E-state index in [1.807, 2.05) is 0 Å². The number of rotatable bonds is 7. The minimum absolute atomic E-state index is 0.720. The van der Waals surface area contributed by atoms with E-state index in [9.17, 15) is 0 Å². The molecule has 108 valence electrons. The summed E-state index contributed by atoms with van der Waals surface area (Å²) in [5.41, 5.74) is 2.55. The van der Waals surface area contributed by atoms with Gasteiger partial charge in [0, 0.05) is 31.6 Å². The van der Waals surface area contributed by atoms with E-state index in [-0.39, 0.29) is 0 Å². The summed E-state index contributed by atoms with van der Waals surface area (Å²) in [5, 5.41) is 4.64. The van der Waals surface area contributed by atoms with E-state index < -0.39 is 0 Å². The molecule has 0 radical (unpaired) electrons. The zero-order valence-corrected chi connectivity index (χ0v) is 13.0. The molecule has 1 aromatic heterocycles. The fourth-order valence-electron chi connectivity index (χ4n) is 3.07. The summed E-state index contributed by atoms with van der Waals surface area (Å²) in [5.74, 6) is 0.720. The van der Waals surface area contributed by atoms with Gasteiger partial charge in [-0.1, -0.05) is 19.8 Å². The molecular weight excluding hydrogens is 258 g/mol. The predicted molar refractivity (Wildman–Crippen MR) is 80.7 cm³/mol. The molecule has 2 rings (SSSR count). The topological polar surface area (TPSA) is 21.1 Å². The van der Waals surface area contributed by atoms with Gasteiger partial charge in [0.25, 0.3) is 0 Å². The molecular formula is C15H26ClN3. The molecule has 4 heteroatoms. The molecule has 1 aromatic rings. The minimum Gasteiger partial charge on any atom is -0.293 e. The zero-order valence-electron chi connectivity index (χ0n) is 12.2. The molecule has 0 amide bonds. The fourth-order valence-corrected chi connectivity index (χ4v) is 3.28. The third-order valence-electron chi connectivity index (χ3n) is 4.15. The first-order chi connectivity index (χ1) is 9.28. The van der Waals surface area contributed by atoms with Crippen molar-refractivity contribution in [3.8, 4) is 0 Å². The quantitative estimate of drug-likeness (QED) is 0.715. The number of alkyl halides is 1. The number of hydrogen-bond acceptors (Lipinski definition) is 2. The van der Waals surface area contributed by atoms with Gasteiger partial charge >= 0.3 is 0 Å². The Morgan fingerprint density at radius 3 is 2.68 bits per heavy atom. The molecule has 0 bridgehead atoms. The summed E-state index contributed by atoms with van der Waals surface area (Å²) in [4.78, 5) is 2.56. The van der Waals surface area contributed by atoms with Crippen molar-refractivity contribution >= 4 is 11.6 Å². The molecule has 19 heavy (non-hydrogen) atoms. The molecule has 0 aromatic carbocycles. The molecule has 3 nitrogen and oxygen atoms in total. The molecule has 0 unspecified atom stereocenters. The molecule has 1 aliphatic rings. The molecule has 1 heterocycles. The summed E-state index contributed by atoms with van der Waals surface area (Å²) in [6.45, 7) is 7.27. The highest BCUT2D eigenvalue weighted by molar-refractivity contribution is 6.18. The van der Waals surface area contributed by atoms with Crippen LogP contribution in [0.4, 0.5) is 0 Å².